The summed E-state index contributed by atoms with van der Waals surface area (Å²) >= 11 is 0. The highest BCUT2D eigenvalue weighted by Crippen LogP contribution is 2.29. The molecule has 152 valence electrons. The number of methoxy groups -OCH3 is 1. The van der Waals surface area contributed by atoms with Gasteiger partial charge < -0.3 is 19.2 Å². The van der Waals surface area contributed by atoms with Gasteiger partial charge in [-0.3, -0.25) is 9.59 Å². The summed E-state index contributed by atoms with van der Waals surface area (Å²) in [5.41, 5.74) is 2.25. The zero-order valence-electron chi connectivity index (χ0n) is 17.2. The van der Waals surface area contributed by atoms with Crippen molar-refractivity contribution in [3.8, 4) is 11.5 Å². The van der Waals surface area contributed by atoms with Gasteiger partial charge in [0.2, 0.25) is 5.89 Å². The van der Waals surface area contributed by atoms with Crippen molar-refractivity contribution >= 4 is 28.5 Å². The van der Waals surface area contributed by atoms with Crippen molar-refractivity contribution in [3.63, 3.8) is 0 Å². The summed E-state index contributed by atoms with van der Waals surface area (Å²) in [5, 5.41) is 2.78. The number of hydrogen-bond acceptors (Lipinski definition) is 6. The number of ketones is 1. The summed E-state index contributed by atoms with van der Waals surface area (Å²) in [4.78, 5) is 28.3. The summed E-state index contributed by atoms with van der Waals surface area (Å²) in [7, 11) is 1.48. The number of ether oxygens (including phenoxy) is 2. The van der Waals surface area contributed by atoms with Crippen LogP contribution >= 0.6 is 0 Å². The van der Waals surface area contributed by atoms with Gasteiger partial charge in [-0.1, -0.05) is 20.8 Å². The number of anilines is 1. The summed E-state index contributed by atoms with van der Waals surface area (Å²) in [6.45, 7) is 7.33. The number of carbonyl (C=O) groups excluding carboxylic acids is 2. The van der Waals surface area contributed by atoms with Gasteiger partial charge in [-0.05, 0) is 43.3 Å². The van der Waals surface area contributed by atoms with Crippen LogP contribution in [0.5, 0.6) is 11.5 Å². The first-order chi connectivity index (χ1) is 13.7. The molecule has 0 radical (unpaired) electrons. The minimum Gasteiger partial charge on any atom is -0.493 e. The van der Waals surface area contributed by atoms with E-state index in [0.717, 1.165) is 0 Å². The van der Waals surface area contributed by atoms with Crippen LogP contribution < -0.4 is 14.8 Å². The molecular weight excluding hydrogens is 372 g/mol. The van der Waals surface area contributed by atoms with Crippen LogP contribution in [0, 0.1) is 0 Å². The molecule has 1 N–H and O–H groups in total. The SMILES string of the molecule is COc1cc(C(C)=O)ccc1OCC(=O)Nc1ccc2oc(C(C)(C)C)nc2c1. The van der Waals surface area contributed by atoms with Crippen LogP contribution in [0.4, 0.5) is 5.69 Å². The average molecular weight is 396 g/mol. The molecule has 0 unspecified atom stereocenters. The molecule has 0 atom stereocenters. The van der Waals surface area contributed by atoms with E-state index in [2.05, 4.69) is 10.3 Å². The zero-order chi connectivity index (χ0) is 21.2. The summed E-state index contributed by atoms with van der Waals surface area (Å²) in [6.07, 6.45) is 0. The fourth-order valence-corrected chi connectivity index (χ4v) is 2.67. The quantitative estimate of drug-likeness (QED) is 0.623. The first-order valence-corrected chi connectivity index (χ1v) is 9.20. The van der Waals surface area contributed by atoms with Gasteiger partial charge >= 0.3 is 0 Å². The third kappa shape index (κ3) is 4.74. The zero-order valence-corrected chi connectivity index (χ0v) is 17.2. The molecule has 1 aromatic heterocycles. The van der Waals surface area contributed by atoms with Crippen LogP contribution in [0.3, 0.4) is 0 Å². The van der Waals surface area contributed by atoms with E-state index in [1.54, 1.807) is 36.4 Å². The lowest BCUT2D eigenvalue weighted by Crippen LogP contribution is -2.20. The van der Waals surface area contributed by atoms with Crippen molar-refractivity contribution in [1.29, 1.82) is 0 Å². The highest BCUT2D eigenvalue weighted by atomic mass is 16.5. The average Bonchev–Trinajstić information content (AvgIpc) is 3.10. The Balaban J connectivity index is 1.67. The van der Waals surface area contributed by atoms with Crippen LogP contribution in [-0.4, -0.2) is 30.4 Å². The van der Waals surface area contributed by atoms with E-state index in [1.807, 2.05) is 20.8 Å². The number of carbonyl (C=O) groups is 2. The standard InChI is InChI=1S/C22H24N2O5/c1-13(25)14-6-8-18(19(10-14)27-5)28-12-20(26)23-15-7-9-17-16(11-15)24-21(29-17)22(2,3)4/h6-11H,12H2,1-5H3,(H,23,26). The van der Waals surface area contributed by atoms with E-state index in [4.69, 9.17) is 13.9 Å². The number of Topliss-reactive ketones (excluding diaryl/α,β-unsaturated/α-hetero) is 1. The molecule has 0 saturated carbocycles. The summed E-state index contributed by atoms with van der Waals surface area (Å²) in [5.74, 6) is 1.01. The molecule has 3 rings (SSSR count). The third-order valence-electron chi connectivity index (χ3n) is 4.24. The minimum absolute atomic E-state index is 0.0783. The molecule has 0 aliphatic carbocycles. The maximum atomic E-state index is 12.3. The number of fused-ring (bicyclic) bond motifs is 1. The smallest absolute Gasteiger partial charge is 0.262 e. The largest absolute Gasteiger partial charge is 0.493 e. The number of benzene rings is 2. The Kier molecular flexibility index (Phi) is 5.59. The molecule has 2 aromatic carbocycles. The lowest BCUT2D eigenvalue weighted by atomic mass is 9.97. The van der Waals surface area contributed by atoms with Gasteiger partial charge in [-0.25, -0.2) is 4.98 Å². The molecule has 0 spiro atoms. The first kappa shape index (κ1) is 20.4. The third-order valence-corrected chi connectivity index (χ3v) is 4.24. The number of oxazole rings is 1. The predicted octanol–water partition coefficient (Wildman–Crippen LogP) is 4.35. The van der Waals surface area contributed by atoms with Gasteiger partial charge in [0.25, 0.3) is 5.91 Å². The van der Waals surface area contributed by atoms with Gasteiger partial charge in [0.05, 0.1) is 7.11 Å². The van der Waals surface area contributed by atoms with Crippen LogP contribution in [-0.2, 0) is 10.2 Å². The molecule has 0 aliphatic rings. The van der Waals surface area contributed by atoms with E-state index in [9.17, 15) is 9.59 Å². The van der Waals surface area contributed by atoms with Crippen LogP contribution in [0.2, 0.25) is 0 Å². The van der Waals surface area contributed by atoms with Crippen molar-refractivity contribution in [1.82, 2.24) is 4.98 Å². The highest BCUT2D eigenvalue weighted by molar-refractivity contribution is 5.95. The Morgan fingerprint density at radius 2 is 1.86 bits per heavy atom. The van der Waals surface area contributed by atoms with E-state index < -0.39 is 0 Å². The number of nitrogens with one attached hydrogen (secondary N) is 1. The second-order valence-corrected chi connectivity index (χ2v) is 7.71. The Labute approximate surface area is 169 Å². The number of rotatable bonds is 6. The second-order valence-electron chi connectivity index (χ2n) is 7.71. The number of aromatic nitrogens is 1. The van der Waals surface area contributed by atoms with Crippen molar-refractivity contribution in [2.75, 3.05) is 19.0 Å². The van der Waals surface area contributed by atoms with Crippen LogP contribution in [0.1, 0.15) is 43.9 Å². The number of amides is 1. The lowest BCUT2D eigenvalue weighted by molar-refractivity contribution is -0.118. The predicted molar refractivity (Wildman–Crippen MR) is 110 cm³/mol. The normalized spacial score (nSPS) is 11.3. The Hall–Kier alpha value is -3.35. The topological polar surface area (TPSA) is 90.7 Å². The number of nitrogens with zero attached hydrogens (tertiary/aromatic N) is 1. The molecule has 0 fully saturated rings. The van der Waals surface area contributed by atoms with E-state index >= 15 is 0 Å². The second kappa shape index (κ2) is 7.95. The van der Waals surface area contributed by atoms with Gasteiger partial charge in [-0.15, -0.1) is 0 Å². The Morgan fingerprint density at radius 3 is 2.52 bits per heavy atom. The van der Waals surface area contributed by atoms with Crippen LogP contribution in [0.25, 0.3) is 11.1 Å². The molecular formula is C22H24N2O5. The van der Waals surface area contributed by atoms with Gasteiger partial charge in [0.15, 0.2) is 29.5 Å². The number of hydrogen-bond donors (Lipinski definition) is 1. The fraction of sp³-hybridized carbons (Fsp3) is 0.318. The maximum Gasteiger partial charge on any atom is 0.262 e. The maximum absolute atomic E-state index is 12.3. The van der Waals surface area contributed by atoms with Gasteiger partial charge in [0, 0.05) is 16.7 Å². The molecule has 0 bridgehead atoms. The van der Waals surface area contributed by atoms with Gasteiger partial charge in [-0.2, -0.15) is 0 Å². The van der Waals surface area contributed by atoms with E-state index in [0.29, 0.717) is 39.7 Å². The summed E-state index contributed by atoms with van der Waals surface area (Å²) in [6, 6.07) is 10.1. The summed E-state index contributed by atoms with van der Waals surface area (Å²) < 4.78 is 16.6. The monoisotopic (exact) mass is 396 g/mol. The molecule has 3 aromatic rings. The van der Waals surface area contributed by atoms with E-state index in [1.165, 1.54) is 14.0 Å². The first-order valence-electron chi connectivity index (χ1n) is 9.20. The molecule has 29 heavy (non-hydrogen) atoms. The lowest BCUT2D eigenvalue weighted by Gasteiger charge is -2.11. The molecule has 7 nitrogen and oxygen atoms in total. The van der Waals surface area contributed by atoms with Crippen molar-refractivity contribution in [2.24, 2.45) is 0 Å². The van der Waals surface area contributed by atoms with E-state index in [-0.39, 0.29) is 23.7 Å². The molecule has 1 heterocycles. The molecule has 1 amide bonds. The Morgan fingerprint density at radius 1 is 1.10 bits per heavy atom. The molecule has 0 aliphatic heterocycles. The fourth-order valence-electron chi connectivity index (χ4n) is 2.67. The van der Waals surface area contributed by atoms with Crippen LogP contribution in [0.15, 0.2) is 40.8 Å². The van der Waals surface area contributed by atoms with Crippen molar-refractivity contribution in [2.45, 2.75) is 33.1 Å². The Bertz CT molecular complexity index is 1060. The van der Waals surface area contributed by atoms with Gasteiger partial charge in [0.1, 0.15) is 5.52 Å². The molecule has 7 heteroatoms. The van der Waals surface area contributed by atoms with Crippen molar-refractivity contribution in [3.05, 3.63) is 47.9 Å². The highest BCUT2D eigenvalue weighted by Gasteiger charge is 2.21. The minimum atomic E-state index is -0.332. The van der Waals surface area contributed by atoms with Crippen molar-refractivity contribution < 1.29 is 23.5 Å². The molecule has 0 saturated heterocycles.